The normalized spacial score (nSPS) is 10.3. The van der Waals surface area contributed by atoms with Gasteiger partial charge in [-0.2, -0.15) is 0 Å². The van der Waals surface area contributed by atoms with Crippen LogP contribution in [0.1, 0.15) is 42.6 Å². The van der Waals surface area contributed by atoms with Crippen LogP contribution in [-0.2, 0) is 0 Å². The fourth-order valence-electron chi connectivity index (χ4n) is 1.88. The number of carboxylic acid groups (broad SMARTS) is 1. The van der Waals surface area contributed by atoms with Gasteiger partial charge >= 0.3 is 5.97 Å². The number of hydrogen-bond donors (Lipinski definition) is 1. The summed E-state index contributed by atoms with van der Waals surface area (Å²) >= 11 is 0. The third-order valence-corrected chi connectivity index (χ3v) is 2.89. The first kappa shape index (κ1) is 13.6. The number of anilines is 1. The molecular formula is C14H21NO2. The standard InChI is InChI=1S/C14H21NO2/c1-4-6-9-15(5-2)13-10-11(3)7-8-12(13)14(16)17/h7-8,10H,4-6,9H2,1-3H3,(H,16,17). The molecule has 17 heavy (non-hydrogen) atoms. The summed E-state index contributed by atoms with van der Waals surface area (Å²) in [6.07, 6.45) is 2.20. The molecule has 0 spiro atoms. The van der Waals surface area contributed by atoms with Crippen LogP contribution in [0.25, 0.3) is 0 Å². The highest BCUT2D eigenvalue weighted by molar-refractivity contribution is 5.94. The summed E-state index contributed by atoms with van der Waals surface area (Å²) in [7, 11) is 0. The van der Waals surface area contributed by atoms with Gasteiger partial charge in [-0.15, -0.1) is 0 Å². The Morgan fingerprint density at radius 1 is 1.35 bits per heavy atom. The zero-order valence-electron chi connectivity index (χ0n) is 10.9. The first-order valence-corrected chi connectivity index (χ1v) is 6.19. The Morgan fingerprint density at radius 2 is 2.06 bits per heavy atom. The van der Waals surface area contributed by atoms with E-state index in [9.17, 15) is 9.90 Å². The number of aromatic carboxylic acids is 1. The molecule has 0 saturated carbocycles. The number of unbranched alkanes of at least 4 members (excludes halogenated alkanes) is 1. The average molecular weight is 235 g/mol. The van der Waals surface area contributed by atoms with Crippen molar-refractivity contribution in [2.75, 3.05) is 18.0 Å². The number of carboxylic acids is 1. The summed E-state index contributed by atoms with van der Waals surface area (Å²) in [5.41, 5.74) is 2.34. The van der Waals surface area contributed by atoms with E-state index in [0.717, 1.165) is 37.2 Å². The van der Waals surface area contributed by atoms with Gasteiger partial charge in [-0.1, -0.05) is 19.4 Å². The Morgan fingerprint density at radius 3 is 2.59 bits per heavy atom. The third kappa shape index (κ3) is 3.48. The molecule has 0 unspecified atom stereocenters. The van der Waals surface area contributed by atoms with Crippen LogP contribution in [0.3, 0.4) is 0 Å². The minimum Gasteiger partial charge on any atom is -0.478 e. The first-order chi connectivity index (χ1) is 8.10. The number of rotatable bonds is 6. The predicted octanol–water partition coefficient (Wildman–Crippen LogP) is 3.32. The van der Waals surface area contributed by atoms with Gasteiger partial charge in [0.1, 0.15) is 0 Å². The summed E-state index contributed by atoms with van der Waals surface area (Å²) in [6.45, 7) is 7.94. The maximum Gasteiger partial charge on any atom is 0.337 e. The minimum absolute atomic E-state index is 0.397. The van der Waals surface area contributed by atoms with E-state index < -0.39 is 5.97 Å². The van der Waals surface area contributed by atoms with Crippen LogP contribution in [-0.4, -0.2) is 24.2 Å². The smallest absolute Gasteiger partial charge is 0.337 e. The second-order valence-corrected chi connectivity index (χ2v) is 4.26. The van der Waals surface area contributed by atoms with E-state index in [1.807, 2.05) is 19.1 Å². The van der Waals surface area contributed by atoms with Crippen molar-refractivity contribution in [1.82, 2.24) is 0 Å². The van der Waals surface area contributed by atoms with E-state index in [4.69, 9.17) is 0 Å². The van der Waals surface area contributed by atoms with Crippen molar-refractivity contribution in [1.29, 1.82) is 0 Å². The van der Waals surface area contributed by atoms with E-state index in [2.05, 4.69) is 18.7 Å². The van der Waals surface area contributed by atoms with Crippen LogP contribution in [0.4, 0.5) is 5.69 Å². The summed E-state index contributed by atoms with van der Waals surface area (Å²) < 4.78 is 0. The Hall–Kier alpha value is -1.51. The fraction of sp³-hybridized carbons (Fsp3) is 0.500. The Bertz CT molecular complexity index is 388. The lowest BCUT2D eigenvalue weighted by atomic mass is 10.1. The lowest BCUT2D eigenvalue weighted by molar-refractivity contribution is 0.0697. The maximum absolute atomic E-state index is 11.2. The molecule has 1 aromatic carbocycles. The molecule has 0 saturated heterocycles. The summed E-state index contributed by atoms with van der Waals surface area (Å²) in [5.74, 6) is -0.852. The lowest BCUT2D eigenvalue weighted by Crippen LogP contribution is -2.26. The molecule has 3 heteroatoms. The van der Waals surface area contributed by atoms with Crippen molar-refractivity contribution >= 4 is 11.7 Å². The van der Waals surface area contributed by atoms with Gasteiger partial charge in [0, 0.05) is 13.1 Å². The maximum atomic E-state index is 11.2. The Balaban J connectivity index is 3.06. The van der Waals surface area contributed by atoms with Gasteiger partial charge in [0.2, 0.25) is 0 Å². The molecule has 0 heterocycles. The number of aryl methyl sites for hydroxylation is 1. The van der Waals surface area contributed by atoms with Gasteiger partial charge in [0.05, 0.1) is 11.3 Å². The molecule has 94 valence electrons. The molecule has 3 nitrogen and oxygen atoms in total. The van der Waals surface area contributed by atoms with Crippen molar-refractivity contribution in [3.63, 3.8) is 0 Å². The molecule has 0 aliphatic heterocycles. The summed E-state index contributed by atoms with van der Waals surface area (Å²) in [6, 6.07) is 5.50. The monoisotopic (exact) mass is 235 g/mol. The molecule has 0 aromatic heterocycles. The zero-order chi connectivity index (χ0) is 12.8. The largest absolute Gasteiger partial charge is 0.478 e. The molecule has 1 N–H and O–H groups in total. The van der Waals surface area contributed by atoms with Gasteiger partial charge in [-0.3, -0.25) is 0 Å². The predicted molar refractivity (Wildman–Crippen MR) is 70.9 cm³/mol. The lowest BCUT2D eigenvalue weighted by Gasteiger charge is -2.25. The van der Waals surface area contributed by atoms with Crippen molar-refractivity contribution in [2.24, 2.45) is 0 Å². The van der Waals surface area contributed by atoms with E-state index in [1.54, 1.807) is 6.07 Å². The van der Waals surface area contributed by atoms with Crippen LogP contribution in [0.5, 0.6) is 0 Å². The zero-order valence-corrected chi connectivity index (χ0v) is 10.9. The van der Waals surface area contributed by atoms with Crippen LogP contribution in [0.2, 0.25) is 0 Å². The fourth-order valence-corrected chi connectivity index (χ4v) is 1.88. The number of benzene rings is 1. The van der Waals surface area contributed by atoms with Crippen LogP contribution in [0, 0.1) is 6.92 Å². The second kappa shape index (κ2) is 6.28. The van der Waals surface area contributed by atoms with Gasteiger partial charge < -0.3 is 10.0 Å². The van der Waals surface area contributed by atoms with Crippen LogP contribution >= 0.6 is 0 Å². The molecule has 1 aromatic rings. The van der Waals surface area contributed by atoms with E-state index >= 15 is 0 Å². The number of hydrogen-bond acceptors (Lipinski definition) is 2. The van der Waals surface area contributed by atoms with Crippen LogP contribution < -0.4 is 4.90 Å². The van der Waals surface area contributed by atoms with Gasteiger partial charge in [0.15, 0.2) is 0 Å². The highest BCUT2D eigenvalue weighted by Gasteiger charge is 2.14. The molecule has 0 fully saturated rings. The van der Waals surface area contributed by atoms with Crippen molar-refractivity contribution in [3.8, 4) is 0 Å². The molecule has 0 bridgehead atoms. The number of carbonyl (C=O) groups is 1. The molecule has 0 radical (unpaired) electrons. The highest BCUT2D eigenvalue weighted by Crippen LogP contribution is 2.22. The quantitative estimate of drug-likeness (QED) is 0.822. The molecule has 1 rings (SSSR count). The first-order valence-electron chi connectivity index (χ1n) is 6.19. The van der Waals surface area contributed by atoms with Crippen molar-refractivity contribution in [2.45, 2.75) is 33.6 Å². The van der Waals surface area contributed by atoms with Gasteiger partial charge in [0.25, 0.3) is 0 Å². The van der Waals surface area contributed by atoms with E-state index in [-0.39, 0.29) is 0 Å². The van der Waals surface area contributed by atoms with E-state index in [1.165, 1.54) is 0 Å². The van der Waals surface area contributed by atoms with E-state index in [0.29, 0.717) is 5.56 Å². The number of nitrogens with zero attached hydrogens (tertiary/aromatic N) is 1. The molecular weight excluding hydrogens is 214 g/mol. The Kier molecular flexibility index (Phi) is 5.01. The Labute approximate surface area is 103 Å². The molecule has 0 aliphatic rings. The molecule has 0 aliphatic carbocycles. The molecule has 0 amide bonds. The topological polar surface area (TPSA) is 40.5 Å². The van der Waals surface area contributed by atoms with Crippen LogP contribution in [0.15, 0.2) is 18.2 Å². The van der Waals surface area contributed by atoms with Gasteiger partial charge in [-0.05, 0) is 38.0 Å². The molecule has 0 atom stereocenters. The highest BCUT2D eigenvalue weighted by atomic mass is 16.4. The SMILES string of the molecule is CCCCN(CC)c1cc(C)ccc1C(=O)O. The van der Waals surface area contributed by atoms with Crippen molar-refractivity contribution in [3.05, 3.63) is 29.3 Å². The third-order valence-electron chi connectivity index (χ3n) is 2.89. The van der Waals surface area contributed by atoms with Crippen molar-refractivity contribution < 1.29 is 9.90 Å². The summed E-state index contributed by atoms with van der Waals surface area (Å²) in [4.78, 5) is 13.3. The average Bonchev–Trinajstić information content (AvgIpc) is 2.29. The van der Waals surface area contributed by atoms with Gasteiger partial charge in [-0.25, -0.2) is 4.79 Å². The summed E-state index contributed by atoms with van der Waals surface area (Å²) in [5, 5.41) is 9.20. The minimum atomic E-state index is -0.852. The second-order valence-electron chi connectivity index (χ2n) is 4.26.